The summed E-state index contributed by atoms with van der Waals surface area (Å²) in [6.45, 7) is 4.21. The minimum absolute atomic E-state index is 0.553. The number of nitrogens with zero attached hydrogens (tertiary/aromatic N) is 5. The molecule has 5 aromatic heterocycles. The Hall–Kier alpha value is -4.59. The van der Waals surface area contributed by atoms with Crippen molar-refractivity contribution in [1.29, 1.82) is 0 Å². The number of allylic oxidation sites excluding steroid dienone is 5. The Bertz CT molecular complexity index is 1700. The van der Waals surface area contributed by atoms with Crippen LogP contribution in [0.2, 0.25) is 0 Å². The van der Waals surface area contributed by atoms with E-state index in [1.165, 1.54) is 19.3 Å². The third-order valence-corrected chi connectivity index (χ3v) is 7.05. The molecule has 0 spiro atoms. The number of imidazole rings is 1. The van der Waals surface area contributed by atoms with Crippen molar-refractivity contribution >= 4 is 33.3 Å². The van der Waals surface area contributed by atoms with Crippen molar-refractivity contribution in [3.63, 3.8) is 0 Å². The van der Waals surface area contributed by atoms with Gasteiger partial charge in [0.2, 0.25) is 0 Å². The highest BCUT2D eigenvalue weighted by molar-refractivity contribution is 5.96. The Labute approximate surface area is 207 Å². The van der Waals surface area contributed by atoms with E-state index in [1.807, 2.05) is 30.7 Å². The van der Waals surface area contributed by atoms with E-state index >= 15 is 0 Å². The van der Waals surface area contributed by atoms with Gasteiger partial charge in [-0.1, -0.05) is 31.2 Å². The number of hydrogen-bond acceptors (Lipinski definition) is 6. The normalized spacial score (nSPS) is 15.4. The third kappa shape index (κ3) is 3.50. The van der Waals surface area contributed by atoms with Gasteiger partial charge in [-0.25, -0.2) is 9.97 Å². The number of nitrogens with one attached hydrogen (secondary N) is 3. The van der Waals surface area contributed by atoms with Crippen LogP contribution in [-0.4, -0.2) is 35.1 Å². The van der Waals surface area contributed by atoms with Crippen LogP contribution in [0.25, 0.3) is 50.4 Å². The Morgan fingerprint density at radius 1 is 1.00 bits per heavy atom. The van der Waals surface area contributed by atoms with E-state index in [-0.39, 0.29) is 0 Å². The summed E-state index contributed by atoms with van der Waals surface area (Å²) in [5.41, 5.74) is 9.87. The zero-order valence-corrected chi connectivity index (χ0v) is 19.6. The van der Waals surface area contributed by atoms with Crippen molar-refractivity contribution in [3.8, 4) is 22.8 Å². The first-order valence-corrected chi connectivity index (χ1v) is 12.2. The van der Waals surface area contributed by atoms with Gasteiger partial charge in [0.1, 0.15) is 5.52 Å². The maximum Gasteiger partial charge on any atom is 0.161 e. The van der Waals surface area contributed by atoms with E-state index in [0.29, 0.717) is 17.4 Å². The summed E-state index contributed by atoms with van der Waals surface area (Å²) >= 11 is 0. The summed E-state index contributed by atoms with van der Waals surface area (Å²) in [6.07, 6.45) is 18.3. The fourth-order valence-corrected chi connectivity index (χ4v) is 4.83. The number of fused-ring (bicyclic) bond motifs is 2. The monoisotopic (exact) mass is 472 g/mol. The molecule has 0 saturated heterocycles. The van der Waals surface area contributed by atoms with Crippen LogP contribution in [0.5, 0.6) is 0 Å². The van der Waals surface area contributed by atoms with Crippen LogP contribution >= 0.6 is 0 Å². The average molecular weight is 473 g/mol. The Morgan fingerprint density at radius 2 is 1.92 bits per heavy atom. The van der Waals surface area contributed by atoms with E-state index in [0.717, 1.165) is 62.3 Å². The number of hydrogen-bond donors (Lipinski definition) is 3. The number of rotatable bonds is 6. The number of aromatic amines is 2. The topological polar surface area (TPSA) is 108 Å². The molecule has 176 valence electrons. The molecule has 7 rings (SSSR count). The van der Waals surface area contributed by atoms with Gasteiger partial charge >= 0.3 is 0 Å². The molecule has 3 N–H and O–H groups in total. The van der Waals surface area contributed by atoms with Gasteiger partial charge in [-0.15, -0.1) is 0 Å². The lowest BCUT2D eigenvalue weighted by atomic mass is 9.83. The van der Waals surface area contributed by atoms with Gasteiger partial charge in [-0.05, 0) is 49.0 Å². The zero-order chi connectivity index (χ0) is 24.1. The standard InChI is InChI=1S/C28H24N8/c1-16(17-7-4-8-17)31-20-11-19(12-29-13-20)22-9-10-23-26(32-22)27(36-35-23)28-33-24-15-30-14-21(25(24)34-28)18-5-2-3-6-18/h2,5-6,9-15,17,31H,1,3-4,7-8H2,(H,33,34)(H,35,36). The van der Waals surface area contributed by atoms with Gasteiger partial charge in [0.25, 0.3) is 0 Å². The van der Waals surface area contributed by atoms with Gasteiger partial charge in [0, 0.05) is 29.2 Å². The first-order chi connectivity index (χ1) is 17.7. The fraction of sp³-hybridized carbons (Fsp3) is 0.179. The van der Waals surface area contributed by atoms with Crippen molar-refractivity contribution < 1.29 is 0 Å². The molecule has 2 aliphatic carbocycles. The molecule has 1 fully saturated rings. The molecule has 1 saturated carbocycles. The second-order valence-corrected chi connectivity index (χ2v) is 9.37. The van der Waals surface area contributed by atoms with Gasteiger partial charge < -0.3 is 10.3 Å². The van der Waals surface area contributed by atoms with E-state index in [9.17, 15) is 0 Å². The lowest BCUT2D eigenvalue weighted by molar-refractivity contribution is 0.371. The summed E-state index contributed by atoms with van der Waals surface area (Å²) in [5.74, 6) is 1.21. The number of pyridine rings is 3. The van der Waals surface area contributed by atoms with Crippen LogP contribution in [0.15, 0.2) is 73.5 Å². The molecule has 0 unspecified atom stereocenters. The highest BCUT2D eigenvalue weighted by atomic mass is 15.2. The highest BCUT2D eigenvalue weighted by Crippen LogP contribution is 2.34. The SMILES string of the molecule is C=C(Nc1cncc(-c2ccc3[nH]nc(-c4nc5c(C6=CCC=C6)cncc5[nH]4)c3n2)c1)C1CCC1. The second-order valence-electron chi connectivity index (χ2n) is 9.37. The molecule has 0 bridgehead atoms. The van der Waals surface area contributed by atoms with Crippen LogP contribution in [0, 0.1) is 5.92 Å². The number of aromatic nitrogens is 7. The fourth-order valence-electron chi connectivity index (χ4n) is 4.83. The summed E-state index contributed by atoms with van der Waals surface area (Å²) in [5, 5.41) is 11.1. The van der Waals surface area contributed by atoms with E-state index in [1.54, 1.807) is 6.20 Å². The predicted octanol–water partition coefficient (Wildman–Crippen LogP) is 6.03. The van der Waals surface area contributed by atoms with Gasteiger partial charge in [0.15, 0.2) is 11.5 Å². The van der Waals surface area contributed by atoms with Crippen LogP contribution in [0.4, 0.5) is 5.69 Å². The Morgan fingerprint density at radius 3 is 2.75 bits per heavy atom. The molecule has 0 aliphatic heterocycles. The van der Waals surface area contributed by atoms with Crippen molar-refractivity contribution in [2.24, 2.45) is 5.92 Å². The molecule has 36 heavy (non-hydrogen) atoms. The maximum atomic E-state index is 4.95. The number of anilines is 1. The first kappa shape index (κ1) is 20.8. The summed E-state index contributed by atoms with van der Waals surface area (Å²) in [4.78, 5) is 22.1. The van der Waals surface area contributed by atoms with Gasteiger partial charge in [0.05, 0.1) is 40.3 Å². The maximum absolute atomic E-state index is 4.95. The summed E-state index contributed by atoms with van der Waals surface area (Å²) in [6, 6.07) is 6.03. The van der Waals surface area contributed by atoms with Crippen LogP contribution < -0.4 is 5.32 Å². The first-order valence-electron chi connectivity index (χ1n) is 12.2. The predicted molar refractivity (Wildman–Crippen MR) is 142 cm³/mol. The summed E-state index contributed by atoms with van der Waals surface area (Å²) in [7, 11) is 0. The molecule has 5 aromatic rings. The van der Waals surface area contributed by atoms with E-state index in [4.69, 9.17) is 9.97 Å². The van der Waals surface area contributed by atoms with E-state index in [2.05, 4.69) is 61.3 Å². The molecule has 2 aliphatic rings. The largest absolute Gasteiger partial charge is 0.358 e. The van der Waals surface area contributed by atoms with Gasteiger partial charge in [-0.3, -0.25) is 15.1 Å². The van der Waals surface area contributed by atoms with Crippen LogP contribution in [0.3, 0.4) is 0 Å². The van der Waals surface area contributed by atoms with Gasteiger partial charge in [-0.2, -0.15) is 5.10 Å². The van der Waals surface area contributed by atoms with Crippen LogP contribution in [0.1, 0.15) is 31.2 Å². The highest BCUT2D eigenvalue weighted by Gasteiger charge is 2.21. The average Bonchev–Trinajstić information content (AvgIpc) is 3.61. The smallest absolute Gasteiger partial charge is 0.161 e. The van der Waals surface area contributed by atoms with Crippen molar-refractivity contribution in [3.05, 3.63) is 79.1 Å². The molecular formula is C28H24N8. The lowest BCUT2D eigenvalue weighted by Crippen LogP contribution is -2.18. The van der Waals surface area contributed by atoms with Crippen LogP contribution in [-0.2, 0) is 0 Å². The van der Waals surface area contributed by atoms with Crippen molar-refractivity contribution in [2.45, 2.75) is 25.7 Å². The Balaban J connectivity index is 1.26. The zero-order valence-electron chi connectivity index (χ0n) is 19.6. The lowest BCUT2D eigenvalue weighted by Gasteiger charge is -2.28. The van der Waals surface area contributed by atoms with Crippen molar-refractivity contribution in [2.75, 3.05) is 5.32 Å². The molecule has 0 atom stereocenters. The molecule has 5 heterocycles. The second kappa shape index (κ2) is 8.27. The Kier molecular flexibility index (Phi) is 4.77. The molecular weight excluding hydrogens is 448 g/mol. The minimum atomic E-state index is 0.553. The third-order valence-electron chi connectivity index (χ3n) is 7.05. The van der Waals surface area contributed by atoms with Crippen molar-refractivity contribution in [1.82, 2.24) is 35.1 Å². The summed E-state index contributed by atoms with van der Waals surface area (Å²) < 4.78 is 0. The molecule has 0 radical (unpaired) electrons. The minimum Gasteiger partial charge on any atom is -0.358 e. The molecule has 8 nitrogen and oxygen atoms in total. The quantitative estimate of drug-likeness (QED) is 0.279. The molecule has 0 aromatic carbocycles. The molecule has 0 amide bonds. The molecule has 8 heteroatoms. The van der Waals surface area contributed by atoms with E-state index < -0.39 is 0 Å². The number of H-pyrrole nitrogens is 2.